The van der Waals surface area contributed by atoms with E-state index in [4.69, 9.17) is 4.74 Å². The number of methoxy groups -OCH3 is 1. The number of rotatable bonds is 4. The van der Waals surface area contributed by atoms with Gasteiger partial charge in [0.15, 0.2) is 0 Å². The van der Waals surface area contributed by atoms with Crippen molar-refractivity contribution in [2.45, 2.75) is 13.3 Å². The molecule has 0 N–H and O–H groups in total. The highest BCUT2D eigenvalue weighted by Crippen LogP contribution is 2.11. The summed E-state index contributed by atoms with van der Waals surface area (Å²) in [5.41, 5.74) is 0.648. The van der Waals surface area contributed by atoms with Gasteiger partial charge in [-0.25, -0.2) is 0 Å². The summed E-state index contributed by atoms with van der Waals surface area (Å²) < 4.78 is 4.93. The molecule has 0 heterocycles. The van der Waals surface area contributed by atoms with Crippen LogP contribution in [0.25, 0.3) is 0 Å². The first kappa shape index (κ1) is 12.8. The Hall–Kier alpha value is -2.24. The molecular formula is C11H13N3O3. The van der Waals surface area contributed by atoms with Gasteiger partial charge in [0.25, 0.3) is 5.69 Å². The van der Waals surface area contributed by atoms with E-state index in [0.29, 0.717) is 17.9 Å². The van der Waals surface area contributed by atoms with Crippen LogP contribution in [0.5, 0.6) is 0 Å². The normalized spacial score (nSPS) is 11.8. The van der Waals surface area contributed by atoms with Gasteiger partial charge in [-0.3, -0.25) is 10.1 Å². The van der Waals surface area contributed by atoms with Crippen LogP contribution in [0.15, 0.2) is 34.5 Å². The van der Waals surface area contributed by atoms with Gasteiger partial charge in [0.2, 0.25) is 5.90 Å². The summed E-state index contributed by atoms with van der Waals surface area (Å²) in [6.07, 6.45) is 2.09. The first-order valence-corrected chi connectivity index (χ1v) is 5.05. The number of ether oxygens (including phenoxy) is 1. The van der Waals surface area contributed by atoms with E-state index >= 15 is 0 Å². The fourth-order valence-corrected chi connectivity index (χ4v) is 1.13. The van der Waals surface area contributed by atoms with Crippen molar-refractivity contribution in [1.82, 2.24) is 0 Å². The Morgan fingerprint density at radius 3 is 2.94 bits per heavy atom. The van der Waals surface area contributed by atoms with Crippen molar-refractivity contribution in [2.75, 3.05) is 7.11 Å². The standard InChI is InChI=1S/C11H13N3O3/c1-3-11(17-2)13-12-8-9-5-4-6-10(7-9)14(15)16/h4-8H,3H2,1-2H3/b12-8+,13-11-. The molecule has 0 saturated heterocycles. The van der Waals surface area contributed by atoms with Crippen molar-refractivity contribution >= 4 is 17.8 Å². The summed E-state index contributed by atoms with van der Waals surface area (Å²) in [7, 11) is 1.52. The summed E-state index contributed by atoms with van der Waals surface area (Å²) in [4.78, 5) is 10.1. The van der Waals surface area contributed by atoms with Gasteiger partial charge in [0.1, 0.15) is 0 Å². The van der Waals surface area contributed by atoms with E-state index in [0.717, 1.165) is 0 Å². The van der Waals surface area contributed by atoms with Crippen molar-refractivity contribution in [2.24, 2.45) is 10.2 Å². The molecule has 0 radical (unpaired) electrons. The summed E-state index contributed by atoms with van der Waals surface area (Å²) in [5.74, 6) is 0.506. The van der Waals surface area contributed by atoms with Gasteiger partial charge in [-0.05, 0) is 0 Å². The van der Waals surface area contributed by atoms with E-state index in [9.17, 15) is 10.1 Å². The molecule has 0 aliphatic rings. The van der Waals surface area contributed by atoms with Gasteiger partial charge < -0.3 is 4.74 Å². The molecule has 0 spiro atoms. The zero-order chi connectivity index (χ0) is 12.7. The zero-order valence-corrected chi connectivity index (χ0v) is 9.66. The average Bonchev–Trinajstić information content (AvgIpc) is 2.35. The summed E-state index contributed by atoms with van der Waals surface area (Å²) in [5, 5.41) is 18.2. The molecule has 0 bridgehead atoms. The van der Waals surface area contributed by atoms with Crippen molar-refractivity contribution in [3.63, 3.8) is 0 Å². The molecule has 0 amide bonds. The smallest absolute Gasteiger partial charge is 0.270 e. The predicted molar refractivity (Wildman–Crippen MR) is 65.4 cm³/mol. The molecule has 6 nitrogen and oxygen atoms in total. The van der Waals surface area contributed by atoms with E-state index in [2.05, 4.69) is 10.2 Å². The molecule has 0 aliphatic carbocycles. The summed E-state index contributed by atoms with van der Waals surface area (Å²) in [6, 6.07) is 6.16. The second-order valence-electron chi connectivity index (χ2n) is 3.15. The number of nitrogens with zero attached hydrogens (tertiary/aromatic N) is 3. The predicted octanol–water partition coefficient (Wildman–Crippen LogP) is 2.38. The van der Waals surface area contributed by atoms with E-state index < -0.39 is 4.92 Å². The van der Waals surface area contributed by atoms with Gasteiger partial charge in [-0.1, -0.05) is 19.1 Å². The molecule has 0 atom stereocenters. The van der Waals surface area contributed by atoms with Gasteiger partial charge in [0.05, 0.1) is 18.2 Å². The Morgan fingerprint density at radius 1 is 1.59 bits per heavy atom. The van der Waals surface area contributed by atoms with Crippen LogP contribution >= 0.6 is 0 Å². The lowest BCUT2D eigenvalue weighted by molar-refractivity contribution is -0.384. The fourth-order valence-electron chi connectivity index (χ4n) is 1.13. The molecule has 90 valence electrons. The van der Waals surface area contributed by atoms with Gasteiger partial charge >= 0.3 is 0 Å². The second-order valence-corrected chi connectivity index (χ2v) is 3.15. The van der Waals surface area contributed by atoms with E-state index in [1.54, 1.807) is 12.1 Å². The first-order chi connectivity index (χ1) is 8.17. The van der Waals surface area contributed by atoms with Gasteiger partial charge in [0, 0.05) is 24.1 Å². The maximum Gasteiger partial charge on any atom is 0.270 e. The van der Waals surface area contributed by atoms with Crippen LogP contribution in [-0.2, 0) is 4.74 Å². The number of benzene rings is 1. The van der Waals surface area contributed by atoms with Crippen LogP contribution in [0.1, 0.15) is 18.9 Å². The minimum absolute atomic E-state index is 0.0281. The quantitative estimate of drug-likeness (QED) is 0.348. The van der Waals surface area contributed by atoms with Crippen LogP contribution in [0, 0.1) is 10.1 Å². The topological polar surface area (TPSA) is 77.1 Å². The SMILES string of the molecule is CC/C(=N/N=C/c1cccc([N+](=O)[O-])c1)OC. The lowest BCUT2D eigenvalue weighted by Gasteiger charge is -1.96. The van der Waals surface area contributed by atoms with Crippen LogP contribution in [0.2, 0.25) is 0 Å². The van der Waals surface area contributed by atoms with Crippen LogP contribution in [0.4, 0.5) is 5.69 Å². The third-order valence-corrected chi connectivity index (χ3v) is 2.00. The van der Waals surface area contributed by atoms with E-state index in [1.807, 2.05) is 6.92 Å². The molecule has 0 aliphatic heterocycles. The van der Waals surface area contributed by atoms with Crippen LogP contribution in [0.3, 0.4) is 0 Å². The molecule has 6 heteroatoms. The fraction of sp³-hybridized carbons (Fsp3) is 0.273. The Morgan fingerprint density at radius 2 is 2.35 bits per heavy atom. The van der Waals surface area contributed by atoms with Crippen molar-refractivity contribution in [3.05, 3.63) is 39.9 Å². The van der Waals surface area contributed by atoms with E-state index in [1.165, 1.54) is 25.5 Å². The highest BCUT2D eigenvalue weighted by atomic mass is 16.6. The molecule has 0 aromatic heterocycles. The number of nitro benzene ring substituents is 1. The summed E-state index contributed by atoms with van der Waals surface area (Å²) in [6.45, 7) is 1.89. The minimum Gasteiger partial charge on any atom is -0.483 e. The average molecular weight is 235 g/mol. The molecule has 17 heavy (non-hydrogen) atoms. The largest absolute Gasteiger partial charge is 0.483 e. The van der Waals surface area contributed by atoms with E-state index in [-0.39, 0.29) is 5.69 Å². The van der Waals surface area contributed by atoms with Crippen LogP contribution in [-0.4, -0.2) is 24.1 Å². The molecule has 1 aromatic rings. The molecule has 0 fully saturated rings. The first-order valence-electron chi connectivity index (χ1n) is 5.05. The maximum absolute atomic E-state index is 10.5. The maximum atomic E-state index is 10.5. The number of nitro groups is 1. The Bertz CT molecular complexity index is 449. The highest BCUT2D eigenvalue weighted by molar-refractivity contribution is 5.82. The highest BCUT2D eigenvalue weighted by Gasteiger charge is 2.03. The number of non-ortho nitro benzene ring substituents is 1. The van der Waals surface area contributed by atoms with Crippen molar-refractivity contribution < 1.29 is 9.66 Å². The zero-order valence-electron chi connectivity index (χ0n) is 9.66. The Kier molecular flexibility index (Phi) is 4.80. The third-order valence-electron chi connectivity index (χ3n) is 2.00. The third kappa shape index (κ3) is 4.02. The lowest BCUT2D eigenvalue weighted by atomic mass is 10.2. The number of hydrogen-bond donors (Lipinski definition) is 0. The van der Waals surface area contributed by atoms with Gasteiger partial charge in [-0.15, -0.1) is 5.10 Å². The Labute approximate surface area is 98.8 Å². The van der Waals surface area contributed by atoms with Gasteiger partial charge in [-0.2, -0.15) is 5.10 Å². The molecule has 0 saturated carbocycles. The molecular weight excluding hydrogens is 222 g/mol. The molecule has 1 rings (SSSR count). The molecule has 1 aromatic carbocycles. The monoisotopic (exact) mass is 235 g/mol. The second kappa shape index (κ2) is 6.37. The van der Waals surface area contributed by atoms with Crippen molar-refractivity contribution in [3.8, 4) is 0 Å². The van der Waals surface area contributed by atoms with Crippen LogP contribution < -0.4 is 0 Å². The minimum atomic E-state index is -0.451. The summed E-state index contributed by atoms with van der Waals surface area (Å²) >= 11 is 0. The Balaban J connectivity index is 2.81. The van der Waals surface area contributed by atoms with Crippen molar-refractivity contribution in [1.29, 1.82) is 0 Å². The lowest BCUT2D eigenvalue weighted by Crippen LogP contribution is -1.97. The molecule has 0 unspecified atom stereocenters. The number of hydrogen-bond acceptors (Lipinski definition) is 5.